The van der Waals surface area contributed by atoms with Crippen molar-refractivity contribution in [1.29, 1.82) is 0 Å². The number of benzene rings is 1. The lowest BCUT2D eigenvalue weighted by molar-refractivity contribution is -0.164. The van der Waals surface area contributed by atoms with Crippen LogP contribution >= 0.6 is 0 Å². The Bertz CT molecular complexity index is 464. The van der Waals surface area contributed by atoms with E-state index < -0.39 is 6.10 Å². The Morgan fingerprint density at radius 2 is 2.05 bits per heavy atom. The van der Waals surface area contributed by atoms with Crippen LogP contribution in [0.1, 0.15) is 45.1 Å². The topological polar surface area (TPSA) is 55.8 Å². The fourth-order valence-electron chi connectivity index (χ4n) is 2.65. The van der Waals surface area contributed by atoms with Crippen LogP contribution in [0.25, 0.3) is 0 Å². The Kier molecular flexibility index (Phi) is 5.62. The van der Waals surface area contributed by atoms with Crippen LogP contribution in [0.15, 0.2) is 24.3 Å². The predicted octanol–water partition coefficient (Wildman–Crippen LogP) is 3.21. The molecule has 1 aliphatic rings. The fourth-order valence-corrected chi connectivity index (χ4v) is 2.65. The Morgan fingerprint density at radius 3 is 2.67 bits per heavy atom. The Balaban J connectivity index is 2.04. The summed E-state index contributed by atoms with van der Waals surface area (Å²) in [4.78, 5) is 12.2. The van der Waals surface area contributed by atoms with Gasteiger partial charge in [0.05, 0.1) is 12.2 Å². The van der Waals surface area contributed by atoms with Gasteiger partial charge in [0.2, 0.25) is 0 Å². The highest BCUT2D eigenvalue weighted by atomic mass is 16.6. The van der Waals surface area contributed by atoms with Gasteiger partial charge in [0.15, 0.2) is 6.10 Å². The quantitative estimate of drug-likeness (QED) is 0.818. The summed E-state index contributed by atoms with van der Waals surface area (Å²) in [6.45, 7) is 3.66. The zero-order chi connectivity index (χ0) is 15.2. The van der Waals surface area contributed by atoms with Gasteiger partial charge in [-0.05, 0) is 44.4 Å². The van der Waals surface area contributed by atoms with Crippen LogP contribution in [-0.4, -0.2) is 29.4 Å². The lowest BCUT2D eigenvalue weighted by Crippen LogP contribution is -2.33. The number of carbonyl (C=O) groups is 1. The van der Waals surface area contributed by atoms with Gasteiger partial charge in [-0.3, -0.25) is 0 Å². The Labute approximate surface area is 126 Å². The largest absolute Gasteiger partial charge is 0.508 e. The van der Waals surface area contributed by atoms with E-state index in [1.165, 1.54) is 0 Å². The van der Waals surface area contributed by atoms with E-state index in [9.17, 15) is 9.90 Å². The van der Waals surface area contributed by atoms with E-state index in [1.54, 1.807) is 18.2 Å². The first-order valence-corrected chi connectivity index (χ1v) is 7.68. The lowest BCUT2D eigenvalue weighted by atomic mass is 10.1. The molecule has 0 radical (unpaired) electrons. The fraction of sp³-hybridized carbons (Fsp3) is 0.588. The molecule has 0 heterocycles. The molecule has 1 aromatic carbocycles. The summed E-state index contributed by atoms with van der Waals surface area (Å²) in [5, 5.41) is 9.54. The maximum Gasteiger partial charge on any atom is 0.335 e. The van der Waals surface area contributed by atoms with E-state index in [0.717, 1.165) is 31.2 Å². The highest BCUT2D eigenvalue weighted by molar-refractivity contribution is 5.75. The average Bonchev–Trinajstić information content (AvgIpc) is 2.90. The van der Waals surface area contributed by atoms with Crippen molar-refractivity contribution in [3.05, 3.63) is 29.8 Å². The summed E-state index contributed by atoms with van der Waals surface area (Å²) < 4.78 is 11.3. The standard InChI is InChI=1S/C17H24O4/c1-12(2)20-17(19)16(21-15-8-3-4-9-15)11-13-6-5-7-14(18)10-13/h5-7,10,12,15-16,18H,3-4,8-9,11H2,1-2H3. The predicted molar refractivity (Wildman–Crippen MR) is 80.2 cm³/mol. The van der Waals surface area contributed by atoms with Crippen molar-refractivity contribution in [2.75, 3.05) is 0 Å². The number of carbonyl (C=O) groups excluding carboxylic acids is 1. The van der Waals surface area contributed by atoms with Crippen molar-refractivity contribution in [2.24, 2.45) is 0 Å². The third-order valence-corrected chi connectivity index (χ3v) is 3.61. The molecule has 1 unspecified atom stereocenters. The minimum atomic E-state index is -0.600. The number of phenols is 1. The molecule has 4 heteroatoms. The molecule has 0 spiro atoms. The number of hydrogen-bond donors (Lipinski definition) is 1. The molecule has 0 aliphatic heterocycles. The summed E-state index contributed by atoms with van der Waals surface area (Å²) in [6, 6.07) is 6.93. The molecular formula is C17H24O4. The van der Waals surface area contributed by atoms with Crippen molar-refractivity contribution in [1.82, 2.24) is 0 Å². The second kappa shape index (κ2) is 7.46. The molecule has 0 aromatic heterocycles. The van der Waals surface area contributed by atoms with E-state index in [2.05, 4.69) is 0 Å². The molecule has 1 N–H and O–H groups in total. The van der Waals surface area contributed by atoms with Crippen molar-refractivity contribution < 1.29 is 19.4 Å². The second-order valence-corrected chi connectivity index (χ2v) is 5.89. The number of ether oxygens (including phenoxy) is 2. The molecule has 21 heavy (non-hydrogen) atoms. The molecule has 2 rings (SSSR count). The van der Waals surface area contributed by atoms with Gasteiger partial charge in [0.25, 0.3) is 0 Å². The van der Waals surface area contributed by atoms with E-state index in [4.69, 9.17) is 9.47 Å². The number of phenolic OH excluding ortho intramolecular Hbond substituents is 1. The van der Waals surface area contributed by atoms with Gasteiger partial charge in [-0.1, -0.05) is 25.0 Å². The Hall–Kier alpha value is -1.55. The zero-order valence-electron chi connectivity index (χ0n) is 12.7. The maximum atomic E-state index is 12.2. The molecule has 0 amide bonds. The normalized spacial score (nSPS) is 17.1. The minimum Gasteiger partial charge on any atom is -0.508 e. The first-order valence-electron chi connectivity index (χ1n) is 7.68. The molecule has 0 saturated heterocycles. The number of hydrogen-bond acceptors (Lipinski definition) is 4. The van der Waals surface area contributed by atoms with Gasteiger partial charge in [-0.25, -0.2) is 4.79 Å². The molecular weight excluding hydrogens is 268 g/mol. The van der Waals surface area contributed by atoms with Gasteiger partial charge in [0, 0.05) is 6.42 Å². The van der Waals surface area contributed by atoms with Gasteiger partial charge in [-0.15, -0.1) is 0 Å². The SMILES string of the molecule is CC(C)OC(=O)C(Cc1cccc(O)c1)OC1CCCC1. The van der Waals surface area contributed by atoms with Crippen molar-refractivity contribution in [2.45, 2.75) is 64.3 Å². The molecule has 0 bridgehead atoms. The zero-order valence-corrected chi connectivity index (χ0v) is 12.7. The lowest BCUT2D eigenvalue weighted by Gasteiger charge is -2.22. The average molecular weight is 292 g/mol. The van der Waals surface area contributed by atoms with Gasteiger partial charge in [0.1, 0.15) is 5.75 Å². The smallest absolute Gasteiger partial charge is 0.335 e. The van der Waals surface area contributed by atoms with Gasteiger partial charge in [-0.2, -0.15) is 0 Å². The monoisotopic (exact) mass is 292 g/mol. The van der Waals surface area contributed by atoms with E-state index in [0.29, 0.717) is 6.42 Å². The second-order valence-electron chi connectivity index (χ2n) is 5.89. The van der Waals surface area contributed by atoms with Crippen LogP contribution in [0.5, 0.6) is 5.75 Å². The van der Waals surface area contributed by atoms with Crippen LogP contribution in [0.3, 0.4) is 0 Å². The first kappa shape index (κ1) is 15.8. The molecule has 116 valence electrons. The van der Waals surface area contributed by atoms with Crippen molar-refractivity contribution in [3.63, 3.8) is 0 Å². The van der Waals surface area contributed by atoms with Crippen LogP contribution in [0.4, 0.5) is 0 Å². The molecule has 1 fully saturated rings. The van der Waals surface area contributed by atoms with Gasteiger partial charge < -0.3 is 14.6 Å². The number of aromatic hydroxyl groups is 1. The van der Waals surface area contributed by atoms with Crippen LogP contribution in [0.2, 0.25) is 0 Å². The van der Waals surface area contributed by atoms with Gasteiger partial charge >= 0.3 is 5.97 Å². The third-order valence-electron chi connectivity index (χ3n) is 3.61. The maximum absolute atomic E-state index is 12.2. The summed E-state index contributed by atoms with van der Waals surface area (Å²) in [6.07, 6.45) is 4.14. The molecule has 4 nitrogen and oxygen atoms in total. The van der Waals surface area contributed by atoms with E-state index in [1.807, 2.05) is 19.9 Å². The van der Waals surface area contributed by atoms with Crippen LogP contribution < -0.4 is 0 Å². The molecule has 1 aromatic rings. The number of esters is 1. The third kappa shape index (κ3) is 5.05. The molecule has 1 saturated carbocycles. The van der Waals surface area contributed by atoms with E-state index in [-0.39, 0.29) is 23.9 Å². The summed E-state index contributed by atoms with van der Waals surface area (Å²) >= 11 is 0. The highest BCUT2D eigenvalue weighted by Gasteiger charge is 2.27. The summed E-state index contributed by atoms with van der Waals surface area (Å²) in [5.41, 5.74) is 0.874. The molecule has 1 aliphatic carbocycles. The highest BCUT2D eigenvalue weighted by Crippen LogP contribution is 2.24. The molecule has 1 atom stereocenters. The summed E-state index contributed by atoms with van der Waals surface area (Å²) in [5.74, 6) is -0.121. The number of rotatable bonds is 6. The summed E-state index contributed by atoms with van der Waals surface area (Å²) in [7, 11) is 0. The first-order chi connectivity index (χ1) is 10.0. The van der Waals surface area contributed by atoms with Crippen molar-refractivity contribution >= 4 is 5.97 Å². The Morgan fingerprint density at radius 1 is 1.33 bits per heavy atom. The van der Waals surface area contributed by atoms with Crippen molar-refractivity contribution in [3.8, 4) is 5.75 Å². The van der Waals surface area contributed by atoms with E-state index >= 15 is 0 Å². The van der Waals surface area contributed by atoms with Crippen LogP contribution in [-0.2, 0) is 20.7 Å². The minimum absolute atomic E-state index is 0.145. The van der Waals surface area contributed by atoms with Crippen LogP contribution in [0, 0.1) is 0 Å².